The van der Waals surface area contributed by atoms with Gasteiger partial charge in [-0.15, -0.1) is 0 Å². The molecule has 1 atom stereocenters. The number of hydrogen-bond acceptors (Lipinski definition) is 6. The van der Waals surface area contributed by atoms with Crippen LogP contribution in [0.25, 0.3) is 11.2 Å². The molecule has 0 aliphatic carbocycles. The first-order chi connectivity index (χ1) is 14.1. The number of hydrogen-bond donors (Lipinski definition) is 1. The monoisotopic (exact) mass is 396 g/mol. The van der Waals surface area contributed by atoms with E-state index in [1.165, 1.54) is 0 Å². The SMILES string of the molecule is CC(C)Cn1cncc1CNC(=O)CC1CCCN(c2nc3ncccc3o2)C1. The molecule has 8 nitrogen and oxygen atoms in total. The number of aromatic nitrogens is 4. The Hall–Kier alpha value is -2.90. The maximum Gasteiger partial charge on any atom is 0.299 e. The highest BCUT2D eigenvalue weighted by molar-refractivity contribution is 5.76. The van der Waals surface area contributed by atoms with Gasteiger partial charge in [-0.2, -0.15) is 4.98 Å². The number of rotatable bonds is 7. The Morgan fingerprint density at radius 3 is 3.14 bits per heavy atom. The van der Waals surface area contributed by atoms with E-state index in [2.05, 4.69) is 43.6 Å². The van der Waals surface area contributed by atoms with E-state index in [0.717, 1.165) is 38.2 Å². The zero-order chi connectivity index (χ0) is 20.2. The predicted octanol–water partition coefficient (Wildman–Crippen LogP) is 3.00. The van der Waals surface area contributed by atoms with E-state index in [1.54, 1.807) is 6.20 Å². The van der Waals surface area contributed by atoms with E-state index < -0.39 is 0 Å². The van der Waals surface area contributed by atoms with Crippen LogP contribution in [0.4, 0.5) is 6.01 Å². The molecule has 1 fully saturated rings. The van der Waals surface area contributed by atoms with Crippen LogP contribution in [0.1, 0.15) is 38.8 Å². The zero-order valence-electron chi connectivity index (χ0n) is 17.0. The first-order valence-corrected chi connectivity index (χ1v) is 10.3. The van der Waals surface area contributed by atoms with Crippen LogP contribution in [0, 0.1) is 11.8 Å². The minimum atomic E-state index is 0.0772. The van der Waals surface area contributed by atoms with Crippen molar-refractivity contribution in [3.63, 3.8) is 0 Å². The van der Waals surface area contributed by atoms with Crippen molar-refractivity contribution in [3.05, 3.63) is 36.5 Å². The van der Waals surface area contributed by atoms with Crippen molar-refractivity contribution in [2.45, 2.75) is 46.2 Å². The summed E-state index contributed by atoms with van der Waals surface area (Å²) in [4.78, 5) is 27.6. The maximum atomic E-state index is 12.5. The molecule has 0 radical (unpaired) electrons. The molecule has 29 heavy (non-hydrogen) atoms. The molecule has 1 amide bonds. The number of carbonyl (C=O) groups is 1. The molecule has 1 aliphatic rings. The molecular formula is C21H28N6O2. The Morgan fingerprint density at radius 1 is 1.41 bits per heavy atom. The van der Waals surface area contributed by atoms with E-state index in [9.17, 15) is 4.79 Å². The fourth-order valence-electron chi connectivity index (χ4n) is 3.87. The molecule has 1 saturated heterocycles. The lowest BCUT2D eigenvalue weighted by atomic mass is 9.94. The van der Waals surface area contributed by atoms with Crippen LogP contribution in [0.2, 0.25) is 0 Å². The third-order valence-electron chi connectivity index (χ3n) is 5.24. The summed E-state index contributed by atoms with van der Waals surface area (Å²) in [5, 5.41) is 3.05. The number of anilines is 1. The molecule has 1 N–H and O–H groups in total. The van der Waals surface area contributed by atoms with E-state index in [1.807, 2.05) is 24.7 Å². The molecule has 8 heteroatoms. The minimum Gasteiger partial charge on any atom is -0.422 e. The van der Waals surface area contributed by atoms with Gasteiger partial charge in [-0.05, 0) is 36.8 Å². The van der Waals surface area contributed by atoms with Crippen molar-refractivity contribution in [3.8, 4) is 0 Å². The molecule has 1 aliphatic heterocycles. The van der Waals surface area contributed by atoms with Gasteiger partial charge in [-0.1, -0.05) is 13.8 Å². The van der Waals surface area contributed by atoms with E-state index in [4.69, 9.17) is 4.42 Å². The van der Waals surface area contributed by atoms with Gasteiger partial charge in [0.25, 0.3) is 6.01 Å². The topological polar surface area (TPSA) is 89.1 Å². The predicted molar refractivity (Wildman–Crippen MR) is 110 cm³/mol. The largest absolute Gasteiger partial charge is 0.422 e. The number of nitrogens with one attached hydrogen (secondary N) is 1. The van der Waals surface area contributed by atoms with Crippen LogP contribution in [0.15, 0.2) is 35.3 Å². The summed E-state index contributed by atoms with van der Waals surface area (Å²) >= 11 is 0. The molecule has 0 aromatic carbocycles. The Kier molecular flexibility index (Phi) is 5.78. The van der Waals surface area contributed by atoms with Crippen LogP contribution >= 0.6 is 0 Å². The Bertz CT molecular complexity index is 930. The van der Waals surface area contributed by atoms with Crippen molar-refractivity contribution in [1.29, 1.82) is 0 Å². The fraction of sp³-hybridized carbons (Fsp3) is 0.524. The molecule has 0 saturated carbocycles. The molecular weight excluding hydrogens is 368 g/mol. The van der Waals surface area contributed by atoms with E-state index in [-0.39, 0.29) is 11.8 Å². The summed E-state index contributed by atoms with van der Waals surface area (Å²) < 4.78 is 7.95. The average Bonchev–Trinajstić information content (AvgIpc) is 3.32. The number of amides is 1. The van der Waals surface area contributed by atoms with Gasteiger partial charge >= 0.3 is 0 Å². The van der Waals surface area contributed by atoms with Crippen LogP contribution in [0.3, 0.4) is 0 Å². The lowest BCUT2D eigenvalue weighted by Crippen LogP contribution is -2.38. The van der Waals surface area contributed by atoms with Gasteiger partial charge in [0, 0.05) is 38.4 Å². The van der Waals surface area contributed by atoms with Crippen LogP contribution < -0.4 is 10.2 Å². The second kappa shape index (κ2) is 8.63. The van der Waals surface area contributed by atoms with Gasteiger partial charge in [0.15, 0.2) is 5.58 Å². The van der Waals surface area contributed by atoms with Gasteiger partial charge in [-0.3, -0.25) is 4.79 Å². The van der Waals surface area contributed by atoms with Gasteiger partial charge in [0.05, 0.1) is 18.6 Å². The lowest BCUT2D eigenvalue weighted by molar-refractivity contribution is -0.122. The highest BCUT2D eigenvalue weighted by Gasteiger charge is 2.25. The third-order valence-corrected chi connectivity index (χ3v) is 5.24. The number of pyridine rings is 1. The number of imidazole rings is 1. The summed E-state index contributed by atoms with van der Waals surface area (Å²) in [5.74, 6) is 0.898. The summed E-state index contributed by atoms with van der Waals surface area (Å²) in [5.41, 5.74) is 2.36. The minimum absolute atomic E-state index is 0.0772. The molecule has 4 rings (SSSR count). The van der Waals surface area contributed by atoms with Crippen molar-refractivity contribution >= 4 is 23.2 Å². The van der Waals surface area contributed by atoms with Gasteiger partial charge < -0.3 is 19.2 Å². The van der Waals surface area contributed by atoms with Gasteiger partial charge in [0.1, 0.15) is 0 Å². The summed E-state index contributed by atoms with van der Waals surface area (Å²) in [6.45, 7) is 7.42. The highest BCUT2D eigenvalue weighted by atomic mass is 16.4. The van der Waals surface area contributed by atoms with Crippen molar-refractivity contribution < 1.29 is 9.21 Å². The van der Waals surface area contributed by atoms with E-state index >= 15 is 0 Å². The first kappa shape index (κ1) is 19.4. The smallest absolute Gasteiger partial charge is 0.299 e. The Balaban J connectivity index is 1.31. The molecule has 1 unspecified atom stereocenters. The maximum absolute atomic E-state index is 12.5. The van der Waals surface area contributed by atoms with Crippen LogP contribution in [0.5, 0.6) is 0 Å². The zero-order valence-corrected chi connectivity index (χ0v) is 17.0. The van der Waals surface area contributed by atoms with Gasteiger partial charge in [0.2, 0.25) is 11.6 Å². The Morgan fingerprint density at radius 2 is 2.31 bits per heavy atom. The second-order valence-electron chi connectivity index (χ2n) is 8.19. The third kappa shape index (κ3) is 4.75. The molecule has 0 bridgehead atoms. The first-order valence-electron chi connectivity index (χ1n) is 10.3. The second-order valence-corrected chi connectivity index (χ2v) is 8.19. The average molecular weight is 396 g/mol. The fourth-order valence-corrected chi connectivity index (χ4v) is 3.87. The highest BCUT2D eigenvalue weighted by Crippen LogP contribution is 2.26. The van der Waals surface area contributed by atoms with Crippen molar-refractivity contribution in [2.75, 3.05) is 18.0 Å². The number of nitrogens with zero attached hydrogens (tertiary/aromatic N) is 5. The summed E-state index contributed by atoms with van der Waals surface area (Å²) in [7, 11) is 0. The van der Waals surface area contributed by atoms with E-state index in [0.29, 0.717) is 36.1 Å². The number of piperidine rings is 1. The van der Waals surface area contributed by atoms with Crippen LogP contribution in [-0.2, 0) is 17.9 Å². The lowest BCUT2D eigenvalue weighted by Gasteiger charge is -2.31. The quantitative estimate of drug-likeness (QED) is 0.660. The van der Waals surface area contributed by atoms with Crippen molar-refractivity contribution in [2.24, 2.45) is 11.8 Å². The number of carbonyl (C=O) groups excluding carboxylic acids is 1. The molecule has 0 spiro atoms. The number of fused-ring (bicyclic) bond motifs is 1. The Labute approximate surface area is 170 Å². The molecule has 154 valence electrons. The summed E-state index contributed by atoms with van der Waals surface area (Å²) in [6, 6.07) is 4.31. The van der Waals surface area contributed by atoms with Gasteiger partial charge in [-0.25, -0.2) is 9.97 Å². The molecule has 3 aromatic heterocycles. The van der Waals surface area contributed by atoms with Crippen LogP contribution in [-0.4, -0.2) is 38.5 Å². The normalized spacial score (nSPS) is 17.2. The number of oxazole rings is 1. The molecule has 3 aromatic rings. The van der Waals surface area contributed by atoms with Crippen molar-refractivity contribution in [1.82, 2.24) is 24.8 Å². The summed E-state index contributed by atoms with van der Waals surface area (Å²) in [6.07, 6.45) is 7.93. The standard InChI is InChI=1S/C21H28N6O2/c1-15(2)12-27-14-22-10-17(27)11-24-19(28)9-16-5-4-8-26(13-16)21-25-20-18(29-21)6-3-7-23-20/h3,6-7,10,14-16H,4-5,8-9,11-13H2,1-2H3,(H,24,28). The molecule has 4 heterocycles.